The summed E-state index contributed by atoms with van der Waals surface area (Å²) in [5, 5.41) is 5.32. The van der Waals surface area contributed by atoms with Crippen LogP contribution in [0.25, 0.3) is 11.3 Å². The van der Waals surface area contributed by atoms with Gasteiger partial charge < -0.3 is 10.2 Å². The van der Waals surface area contributed by atoms with Crippen LogP contribution in [0.1, 0.15) is 40.5 Å². The van der Waals surface area contributed by atoms with Gasteiger partial charge in [0.25, 0.3) is 0 Å². The molecule has 0 saturated carbocycles. The van der Waals surface area contributed by atoms with E-state index in [1.807, 2.05) is 49.6 Å². The Morgan fingerprint density at radius 3 is 2.41 bits per heavy atom. The van der Waals surface area contributed by atoms with E-state index in [1.54, 1.807) is 4.90 Å². The standard InChI is InChI=1S/C21H29N3O2S/c1-5-16(6-2)20(26)24(12-15(3)4)13-19(25)23-21-22-18(14-27-21)17-10-8-7-9-11-17/h7-11,14-16H,5-6,12-13H2,1-4H3,(H,22,23,25). The maximum atomic E-state index is 12.8. The summed E-state index contributed by atoms with van der Waals surface area (Å²) in [7, 11) is 0. The Kier molecular flexibility index (Phi) is 7.98. The number of nitrogens with one attached hydrogen (secondary N) is 1. The van der Waals surface area contributed by atoms with E-state index in [1.165, 1.54) is 11.3 Å². The number of aromatic nitrogens is 1. The fourth-order valence-electron chi connectivity index (χ4n) is 2.97. The summed E-state index contributed by atoms with van der Waals surface area (Å²) < 4.78 is 0. The Labute approximate surface area is 165 Å². The number of nitrogens with zero attached hydrogens (tertiary/aromatic N) is 2. The van der Waals surface area contributed by atoms with Crippen molar-refractivity contribution in [1.29, 1.82) is 0 Å². The van der Waals surface area contributed by atoms with E-state index < -0.39 is 0 Å². The summed E-state index contributed by atoms with van der Waals surface area (Å²) in [4.78, 5) is 31.4. The molecule has 1 heterocycles. The number of hydrogen-bond donors (Lipinski definition) is 1. The van der Waals surface area contributed by atoms with Crippen molar-refractivity contribution in [3.05, 3.63) is 35.7 Å². The number of carbonyl (C=O) groups excluding carboxylic acids is 2. The summed E-state index contributed by atoms with van der Waals surface area (Å²) >= 11 is 1.39. The zero-order chi connectivity index (χ0) is 19.8. The first kappa shape index (κ1) is 21.1. The van der Waals surface area contributed by atoms with E-state index in [-0.39, 0.29) is 24.3 Å². The minimum atomic E-state index is -0.205. The smallest absolute Gasteiger partial charge is 0.245 e. The summed E-state index contributed by atoms with van der Waals surface area (Å²) in [5.74, 6) is 0.138. The van der Waals surface area contributed by atoms with Gasteiger partial charge in [0.15, 0.2) is 5.13 Å². The Hall–Kier alpha value is -2.21. The molecule has 6 heteroatoms. The normalized spacial score (nSPS) is 11.0. The molecule has 0 aliphatic heterocycles. The molecule has 2 amide bonds. The highest BCUT2D eigenvalue weighted by Gasteiger charge is 2.24. The van der Waals surface area contributed by atoms with Crippen molar-refractivity contribution in [3.8, 4) is 11.3 Å². The van der Waals surface area contributed by atoms with E-state index in [2.05, 4.69) is 24.1 Å². The maximum Gasteiger partial charge on any atom is 0.245 e. The van der Waals surface area contributed by atoms with Gasteiger partial charge in [0, 0.05) is 23.4 Å². The lowest BCUT2D eigenvalue weighted by Gasteiger charge is -2.27. The van der Waals surface area contributed by atoms with Gasteiger partial charge in [0.2, 0.25) is 11.8 Å². The molecule has 1 aromatic heterocycles. The first-order valence-corrected chi connectivity index (χ1v) is 10.4. The third-order valence-electron chi connectivity index (χ3n) is 4.39. The van der Waals surface area contributed by atoms with Gasteiger partial charge in [-0.2, -0.15) is 0 Å². The van der Waals surface area contributed by atoms with Crippen LogP contribution >= 0.6 is 11.3 Å². The van der Waals surface area contributed by atoms with Gasteiger partial charge in [-0.15, -0.1) is 11.3 Å². The second kappa shape index (κ2) is 10.2. The Bertz CT molecular complexity index is 739. The van der Waals surface area contributed by atoms with Gasteiger partial charge in [-0.3, -0.25) is 9.59 Å². The molecule has 0 fully saturated rings. The monoisotopic (exact) mass is 387 g/mol. The molecule has 1 N–H and O–H groups in total. The van der Waals surface area contributed by atoms with Gasteiger partial charge in [-0.1, -0.05) is 58.0 Å². The summed E-state index contributed by atoms with van der Waals surface area (Å²) in [6.45, 7) is 8.78. The number of rotatable bonds is 9. The molecular formula is C21H29N3O2S. The van der Waals surface area contributed by atoms with Gasteiger partial charge in [-0.25, -0.2) is 4.98 Å². The van der Waals surface area contributed by atoms with Crippen LogP contribution in [-0.4, -0.2) is 34.8 Å². The van der Waals surface area contributed by atoms with E-state index in [9.17, 15) is 9.59 Å². The molecule has 0 bridgehead atoms. The average molecular weight is 388 g/mol. The summed E-state index contributed by atoms with van der Waals surface area (Å²) in [6, 6.07) is 9.85. The summed E-state index contributed by atoms with van der Waals surface area (Å²) in [6.07, 6.45) is 1.58. The van der Waals surface area contributed by atoms with Crippen LogP contribution in [0.2, 0.25) is 0 Å². The zero-order valence-electron chi connectivity index (χ0n) is 16.6. The minimum Gasteiger partial charge on any atom is -0.333 e. The molecule has 0 atom stereocenters. The molecule has 0 aliphatic carbocycles. The van der Waals surface area contributed by atoms with Crippen molar-refractivity contribution in [2.45, 2.75) is 40.5 Å². The lowest BCUT2D eigenvalue weighted by atomic mass is 10.0. The van der Waals surface area contributed by atoms with Gasteiger partial charge in [0.1, 0.15) is 0 Å². The fraction of sp³-hybridized carbons (Fsp3) is 0.476. The molecule has 146 valence electrons. The van der Waals surface area contributed by atoms with E-state index in [0.29, 0.717) is 17.6 Å². The molecule has 0 unspecified atom stereocenters. The Morgan fingerprint density at radius 1 is 1.15 bits per heavy atom. The minimum absolute atomic E-state index is 0.0268. The van der Waals surface area contributed by atoms with Crippen LogP contribution in [-0.2, 0) is 9.59 Å². The fourth-order valence-corrected chi connectivity index (χ4v) is 3.71. The van der Waals surface area contributed by atoms with Crippen LogP contribution < -0.4 is 5.32 Å². The van der Waals surface area contributed by atoms with Crippen molar-refractivity contribution in [2.75, 3.05) is 18.4 Å². The van der Waals surface area contributed by atoms with Crippen LogP contribution in [0.5, 0.6) is 0 Å². The molecule has 0 radical (unpaired) electrons. The number of anilines is 1. The molecule has 2 rings (SSSR count). The SMILES string of the molecule is CCC(CC)C(=O)N(CC(=O)Nc1nc(-c2ccccc2)cs1)CC(C)C. The molecule has 27 heavy (non-hydrogen) atoms. The number of hydrogen-bond acceptors (Lipinski definition) is 4. The lowest BCUT2D eigenvalue weighted by molar-refractivity contribution is -0.139. The van der Waals surface area contributed by atoms with Crippen LogP contribution in [0.3, 0.4) is 0 Å². The van der Waals surface area contributed by atoms with Gasteiger partial charge >= 0.3 is 0 Å². The first-order chi connectivity index (χ1) is 12.9. The maximum absolute atomic E-state index is 12.8. The van der Waals surface area contributed by atoms with Crippen molar-refractivity contribution in [2.24, 2.45) is 11.8 Å². The molecule has 0 spiro atoms. The lowest BCUT2D eigenvalue weighted by Crippen LogP contribution is -2.43. The number of carbonyl (C=O) groups is 2. The first-order valence-electron chi connectivity index (χ1n) is 9.54. The average Bonchev–Trinajstić information content (AvgIpc) is 3.10. The third-order valence-corrected chi connectivity index (χ3v) is 5.14. The van der Waals surface area contributed by atoms with Crippen LogP contribution in [0.15, 0.2) is 35.7 Å². The highest BCUT2D eigenvalue weighted by Crippen LogP contribution is 2.24. The van der Waals surface area contributed by atoms with E-state index >= 15 is 0 Å². The predicted octanol–water partition coefficient (Wildman–Crippen LogP) is 4.67. The molecule has 2 aromatic rings. The van der Waals surface area contributed by atoms with E-state index in [0.717, 1.165) is 24.1 Å². The predicted molar refractivity (Wildman–Crippen MR) is 112 cm³/mol. The zero-order valence-corrected chi connectivity index (χ0v) is 17.4. The van der Waals surface area contributed by atoms with Crippen molar-refractivity contribution < 1.29 is 9.59 Å². The summed E-state index contributed by atoms with van der Waals surface area (Å²) in [5.41, 5.74) is 1.85. The van der Waals surface area contributed by atoms with Gasteiger partial charge in [0.05, 0.1) is 12.2 Å². The number of thiazole rings is 1. The molecule has 0 aliphatic rings. The van der Waals surface area contributed by atoms with E-state index in [4.69, 9.17) is 0 Å². The van der Waals surface area contributed by atoms with Crippen LogP contribution in [0.4, 0.5) is 5.13 Å². The molecule has 0 saturated heterocycles. The van der Waals surface area contributed by atoms with Crippen molar-refractivity contribution in [3.63, 3.8) is 0 Å². The quantitative estimate of drug-likeness (QED) is 0.680. The van der Waals surface area contributed by atoms with Crippen LogP contribution in [0, 0.1) is 11.8 Å². The molecule has 5 nitrogen and oxygen atoms in total. The highest BCUT2D eigenvalue weighted by atomic mass is 32.1. The molecule has 1 aromatic carbocycles. The second-order valence-corrected chi connectivity index (χ2v) is 7.94. The highest BCUT2D eigenvalue weighted by molar-refractivity contribution is 7.14. The van der Waals surface area contributed by atoms with Gasteiger partial charge in [-0.05, 0) is 18.8 Å². The molecular weight excluding hydrogens is 358 g/mol. The third kappa shape index (κ3) is 6.17. The van der Waals surface area contributed by atoms with Crippen molar-refractivity contribution in [1.82, 2.24) is 9.88 Å². The Balaban J connectivity index is 2.03. The second-order valence-electron chi connectivity index (χ2n) is 7.08. The number of amides is 2. The number of benzene rings is 1. The van der Waals surface area contributed by atoms with Crippen molar-refractivity contribution >= 4 is 28.3 Å². The topological polar surface area (TPSA) is 62.3 Å². The largest absolute Gasteiger partial charge is 0.333 e. The Morgan fingerprint density at radius 2 is 1.81 bits per heavy atom.